The molecule has 0 radical (unpaired) electrons. The summed E-state index contributed by atoms with van der Waals surface area (Å²) in [4.78, 5) is 24.0. The van der Waals surface area contributed by atoms with Gasteiger partial charge in [0.25, 0.3) is 11.8 Å². The summed E-state index contributed by atoms with van der Waals surface area (Å²) >= 11 is 5.00. The number of hydrazine groups is 1. The van der Waals surface area contributed by atoms with Gasteiger partial charge in [0.1, 0.15) is 5.75 Å². The topological polar surface area (TPSA) is 79.5 Å². The number of carbonyl (C=O) groups is 2. The van der Waals surface area contributed by atoms with Gasteiger partial charge in [-0.05, 0) is 62.5 Å². The van der Waals surface area contributed by atoms with Gasteiger partial charge in [-0.25, -0.2) is 0 Å². The van der Waals surface area contributed by atoms with Crippen LogP contribution < -0.4 is 20.9 Å². The van der Waals surface area contributed by atoms with E-state index in [2.05, 4.69) is 16.2 Å². The number of rotatable bonds is 4. The first kappa shape index (κ1) is 18.4. The van der Waals surface area contributed by atoms with E-state index in [0.717, 1.165) is 5.56 Å². The second-order valence-electron chi connectivity index (χ2n) is 5.19. The molecule has 0 spiro atoms. The number of hydrogen-bond donors (Lipinski definition) is 3. The number of aryl methyl sites for hydroxylation is 1. The molecule has 0 aliphatic carbocycles. The second-order valence-corrected chi connectivity index (χ2v) is 5.59. The van der Waals surface area contributed by atoms with Crippen LogP contribution in [0.5, 0.6) is 5.75 Å². The Morgan fingerprint density at radius 1 is 0.920 bits per heavy atom. The van der Waals surface area contributed by atoms with Crippen molar-refractivity contribution in [3.8, 4) is 5.75 Å². The first-order chi connectivity index (χ1) is 12.0. The maximum atomic E-state index is 12.1. The lowest BCUT2D eigenvalue weighted by atomic mass is 10.1. The Morgan fingerprint density at radius 3 is 2.08 bits per heavy atom. The summed E-state index contributed by atoms with van der Waals surface area (Å²) in [5.41, 5.74) is 6.91. The molecule has 2 amide bonds. The second kappa shape index (κ2) is 8.79. The molecular formula is C18H19N3O3S. The molecule has 0 unspecified atom stereocenters. The van der Waals surface area contributed by atoms with Gasteiger partial charge in [0, 0.05) is 11.1 Å². The minimum Gasteiger partial charge on any atom is -0.494 e. The van der Waals surface area contributed by atoms with E-state index in [1.54, 1.807) is 36.4 Å². The van der Waals surface area contributed by atoms with Gasteiger partial charge in [-0.1, -0.05) is 17.7 Å². The van der Waals surface area contributed by atoms with Crippen LogP contribution >= 0.6 is 12.2 Å². The van der Waals surface area contributed by atoms with Crippen LogP contribution in [0.1, 0.15) is 33.2 Å². The fourth-order valence-corrected chi connectivity index (χ4v) is 2.11. The minimum absolute atomic E-state index is 0.000605. The summed E-state index contributed by atoms with van der Waals surface area (Å²) in [5.74, 6) is -0.0482. The van der Waals surface area contributed by atoms with Crippen molar-refractivity contribution in [3.63, 3.8) is 0 Å². The molecule has 3 N–H and O–H groups in total. The van der Waals surface area contributed by atoms with Crippen molar-refractivity contribution in [2.45, 2.75) is 13.8 Å². The maximum absolute atomic E-state index is 12.1. The van der Waals surface area contributed by atoms with Gasteiger partial charge in [-0.2, -0.15) is 0 Å². The van der Waals surface area contributed by atoms with Crippen molar-refractivity contribution in [1.29, 1.82) is 0 Å². The number of nitrogens with one attached hydrogen (secondary N) is 3. The van der Waals surface area contributed by atoms with E-state index < -0.39 is 0 Å². The van der Waals surface area contributed by atoms with Crippen LogP contribution in [-0.4, -0.2) is 23.5 Å². The average Bonchev–Trinajstić information content (AvgIpc) is 2.61. The Bertz CT molecular complexity index is 758. The summed E-state index contributed by atoms with van der Waals surface area (Å²) < 4.78 is 5.32. The van der Waals surface area contributed by atoms with E-state index in [-0.39, 0.29) is 16.9 Å². The molecule has 0 atom stereocenters. The summed E-state index contributed by atoms with van der Waals surface area (Å²) in [6.07, 6.45) is 0. The lowest BCUT2D eigenvalue weighted by molar-refractivity contribution is 0.0934. The minimum atomic E-state index is -0.384. The molecule has 7 heteroatoms. The lowest BCUT2D eigenvalue weighted by Crippen LogP contribution is -2.48. The monoisotopic (exact) mass is 357 g/mol. The van der Waals surface area contributed by atoms with Crippen molar-refractivity contribution in [2.24, 2.45) is 0 Å². The average molecular weight is 357 g/mol. The largest absolute Gasteiger partial charge is 0.494 e. The highest BCUT2D eigenvalue weighted by molar-refractivity contribution is 7.80. The van der Waals surface area contributed by atoms with E-state index in [0.29, 0.717) is 23.5 Å². The third kappa shape index (κ3) is 5.58. The van der Waals surface area contributed by atoms with Crippen LogP contribution in [0.3, 0.4) is 0 Å². The van der Waals surface area contributed by atoms with Crippen molar-refractivity contribution in [2.75, 3.05) is 6.61 Å². The molecule has 25 heavy (non-hydrogen) atoms. The first-order valence-electron chi connectivity index (χ1n) is 7.71. The van der Waals surface area contributed by atoms with Crippen LogP contribution in [0.15, 0.2) is 48.5 Å². The highest BCUT2D eigenvalue weighted by atomic mass is 32.1. The first-order valence-corrected chi connectivity index (χ1v) is 8.11. The standard InChI is InChI=1S/C18H19N3O3S/c1-3-24-15-10-8-13(9-11-15)16(22)19-18(25)21-20-17(23)14-6-4-12(2)5-7-14/h4-11H,3H2,1-2H3,(H,20,23)(H2,19,21,22,25). The maximum Gasteiger partial charge on any atom is 0.269 e. The number of thiocarbonyl (C=S) groups is 1. The predicted octanol–water partition coefficient (Wildman–Crippen LogP) is 2.34. The smallest absolute Gasteiger partial charge is 0.269 e. The summed E-state index contributed by atoms with van der Waals surface area (Å²) in [5, 5.41) is 2.49. The third-order valence-corrected chi connectivity index (χ3v) is 3.46. The van der Waals surface area contributed by atoms with Crippen molar-refractivity contribution in [3.05, 3.63) is 65.2 Å². The molecule has 2 aromatic rings. The van der Waals surface area contributed by atoms with E-state index in [1.165, 1.54) is 0 Å². The van der Waals surface area contributed by atoms with Gasteiger partial charge >= 0.3 is 0 Å². The van der Waals surface area contributed by atoms with Crippen molar-refractivity contribution >= 4 is 29.1 Å². The van der Waals surface area contributed by atoms with Gasteiger partial charge in [0.05, 0.1) is 6.61 Å². The molecule has 0 aliphatic rings. The molecule has 130 valence electrons. The van der Waals surface area contributed by atoms with E-state index in [1.807, 2.05) is 26.0 Å². The highest BCUT2D eigenvalue weighted by Gasteiger charge is 2.09. The molecule has 6 nitrogen and oxygen atoms in total. The summed E-state index contributed by atoms with van der Waals surface area (Å²) in [6, 6.07) is 13.7. The van der Waals surface area contributed by atoms with Crippen molar-refractivity contribution in [1.82, 2.24) is 16.2 Å². The van der Waals surface area contributed by atoms with E-state index >= 15 is 0 Å². The quantitative estimate of drug-likeness (QED) is 0.578. The van der Waals surface area contributed by atoms with Gasteiger partial charge in [0.15, 0.2) is 5.11 Å². The predicted molar refractivity (Wildman–Crippen MR) is 99.5 cm³/mol. The lowest BCUT2D eigenvalue weighted by Gasteiger charge is -2.11. The molecule has 0 saturated carbocycles. The Hall–Kier alpha value is -2.93. The molecule has 0 aromatic heterocycles. The zero-order valence-corrected chi connectivity index (χ0v) is 14.8. The number of amides is 2. The molecule has 2 aromatic carbocycles. The Labute approximate surface area is 151 Å². The Kier molecular flexibility index (Phi) is 6.47. The van der Waals surface area contributed by atoms with Crippen LogP contribution in [0, 0.1) is 6.92 Å². The molecular weight excluding hydrogens is 338 g/mol. The van der Waals surface area contributed by atoms with Crippen LogP contribution in [0.25, 0.3) is 0 Å². The molecule has 0 saturated heterocycles. The number of hydrogen-bond acceptors (Lipinski definition) is 4. The van der Waals surface area contributed by atoms with Gasteiger partial charge in [0.2, 0.25) is 0 Å². The summed E-state index contributed by atoms with van der Waals surface area (Å²) in [7, 11) is 0. The number of carbonyl (C=O) groups excluding carboxylic acids is 2. The third-order valence-electron chi connectivity index (χ3n) is 3.26. The normalized spacial score (nSPS) is 9.84. The Morgan fingerprint density at radius 2 is 1.48 bits per heavy atom. The number of ether oxygens (including phenoxy) is 1. The molecule has 2 rings (SSSR count). The van der Waals surface area contributed by atoms with E-state index in [9.17, 15) is 9.59 Å². The summed E-state index contributed by atoms with van der Waals surface area (Å²) in [6.45, 7) is 4.38. The fraction of sp³-hybridized carbons (Fsp3) is 0.167. The van der Waals surface area contributed by atoms with Crippen LogP contribution in [-0.2, 0) is 0 Å². The molecule has 0 fully saturated rings. The Balaban J connectivity index is 1.83. The molecule has 0 bridgehead atoms. The molecule has 0 heterocycles. The number of benzene rings is 2. The van der Waals surface area contributed by atoms with Crippen LogP contribution in [0.4, 0.5) is 0 Å². The fourth-order valence-electron chi connectivity index (χ4n) is 1.97. The van der Waals surface area contributed by atoms with Gasteiger partial charge in [-0.3, -0.25) is 25.8 Å². The molecule has 0 aliphatic heterocycles. The zero-order valence-electron chi connectivity index (χ0n) is 14.0. The zero-order chi connectivity index (χ0) is 18.2. The highest BCUT2D eigenvalue weighted by Crippen LogP contribution is 2.11. The SMILES string of the molecule is CCOc1ccc(C(=O)NC(=S)NNC(=O)c2ccc(C)cc2)cc1. The van der Waals surface area contributed by atoms with Crippen LogP contribution in [0.2, 0.25) is 0 Å². The van der Waals surface area contributed by atoms with Crippen molar-refractivity contribution < 1.29 is 14.3 Å². The van der Waals surface area contributed by atoms with Gasteiger partial charge < -0.3 is 4.74 Å². The van der Waals surface area contributed by atoms with E-state index in [4.69, 9.17) is 17.0 Å². The van der Waals surface area contributed by atoms with Gasteiger partial charge in [-0.15, -0.1) is 0 Å².